The van der Waals surface area contributed by atoms with Crippen molar-refractivity contribution < 1.29 is 19.1 Å². The van der Waals surface area contributed by atoms with Crippen LogP contribution in [-0.2, 0) is 16.0 Å². The molecular weight excluding hydrogens is 380 g/mol. The van der Waals surface area contributed by atoms with Crippen molar-refractivity contribution in [2.75, 3.05) is 17.3 Å². The zero-order chi connectivity index (χ0) is 21.7. The van der Waals surface area contributed by atoms with Crippen LogP contribution in [0.5, 0.6) is 5.75 Å². The fourth-order valence-electron chi connectivity index (χ4n) is 3.42. The number of unbranched alkanes of at least 4 members (excludes halogenated alkanes) is 1. The van der Waals surface area contributed by atoms with Crippen LogP contribution in [0.15, 0.2) is 42.5 Å². The summed E-state index contributed by atoms with van der Waals surface area (Å²) in [6.45, 7) is 3.85. The minimum absolute atomic E-state index is 0.0914. The van der Waals surface area contributed by atoms with E-state index in [2.05, 4.69) is 12.2 Å². The summed E-state index contributed by atoms with van der Waals surface area (Å²) in [6, 6.07) is 12.8. The van der Waals surface area contributed by atoms with Gasteiger partial charge in [0.1, 0.15) is 5.75 Å². The quantitative estimate of drug-likeness (QED) is 0.658. The van der Waals surface area contributed by atoms with Crippen LogP contribution < -0.4 is 15.0 Å². The highest BCUT2D eigenvalue weighted by atomic mass is 16.5. The number of nitrogens with zero attached hydrogens (tertiary/aromatic N) is 1. The molecule has 0 spiro atoms. The number of fused-ring (bicyclic) bond motifs is 1. The number of carbonyl (C=O) groups is 3. The maximum atomic E-state index is 12.6. The van der Waals surface area contributed by atoms with E-state index in [0.717, 1.165) is 24.9 Å². The molecule has 30 heavy (non-hydrogen) atoms. The Balaban J connectivity index is 1.55. The average Bonchev–Trinajstić information content (AvgIpc) is 2.75. The molecular formula is C24H28N2O4. The third kappa shape index (κ3) is 5.06. The molecule has 0 aliphatic carbocycles. The van der Waals surface area contributed by atoms with Crippen molar-refractivity contribution in [3.63, 3.8) is 0 Å². The molecule has 0 fully saturated rings. The highest BCUT2D eigenvalue weighted by Crippen LogP contribution is 2.34. The Morgan fingerprint density at radius 1 is 1.10 bits per heavy atom. The number of hydrogen-bond acceptors (Lipinski definition) is 4. The minimum atomic E-state index is -0.548. The van der Waals surface area contributed by atoms with Gasteiger partial charge in [-0.15, -0.1) is 0 Å². The Labute approximate surface area is 177 Å². The van der Waals surface area contributed by atoms with Gasteiger partial charge in [0, 0.05) is 31.1 Å². The molecule has 3 rings (SSSR count). The first-order valence-electron chi connectivity index (χ1n) is 10.4. The van der Waals surface area contributed by atoms with Crippen molar-refractivity contribution in [1.82, 2.24) is 0 Å². The van der Waals surface area contributed by atoms with E-state index in [9.17, 15) is 14.4 Å². The van der Waals surface area contributed by atoms with Gasteiger partial charge in [-0.3, -0.25) is 14.4 Å². The van der Waals surface area contributed by atoms with Crippen LogP contribution in [0.1, 0.15) is 55.5 Å². The molecule has 1 unspecified atom stereocenters. The van der Waals surface area contributed by atoms with Gasteiger partial charge in [-0.05, 0) is 55.7 Å². The van der Waals surface area contributed by atoms with Gasteiger partial charge in [-0.1, -0.05) is 25.5 Å². The molecule has 1 aliphatic rings. The second-order valence-corrected chi connectivity index (χ2v) is 7.61. The van der Waals surface area contributed by atoms with Gasteiger partial charge in [-0.2, -0.15) is 0 Å². The Bertz CT molecular complexity index is 937. The first kappa shape index (κ1) is 21.6. The van der Waals surface area contributed by atoms with Crippen LogP contribution in [0.4, 0.5) is 11.4 Å². The predicted molar refractivity (Wildman–Crippen MR) is 117 cm³/mol. The molecule has 0 radical (unpaired) electrons. The highest BCUT2D eigenvalue weighted by molar-refractivity contribution is 6.04. The molecule has 1 atom stereocenters. The zero-order valence-corrected chi connectivity index (χ0v) is 17.7. The SMILES string of the molecule is CCCCc1ccc(NC(=O)CCC(=O)c2ccc3c(c2)N(C)C(=O)C(C)O3)cc1. The lowest BCUT2D eigenvalue weighted by atomic mass is 10.0. The summed E-state index contributed by atoms with van der Waals surface area (Å²) in [5, 5.41) is 2.84. The number of carbonyl (C=O) groups excluding carboxylic acids is 3. The van der Waals surface area contributed by atoms with Crippen molar-refractivity contribution in [3.05, 3.63) is 53.6 Å². The fourth-order valence-corrected chi connectivity index (χ4v) is 3.42. The van der Waals surface area contributed by atoms with Crippen LogP contribution in [-0.4, -0.2) is 30.7 Å². The summed E-state index contributed by atoms with van der Waals surface area (Å²) in [6.07, 6.45) is 2.96. The number of amides is 2. The zero-order valence-electron chi connectivity index (χ0n) is 17.7. The summed E-state index contributed by atoms with van der Waals surface area (Å²) in [5.41, 5.74) is 3.00. The van der Waals surface area contributed by atoms with Crippen molar-refractivity contribution in [1.29, 1.82) is 0 Å². The molecule has 6 nitrogen and oxygen atoms in total. The minimum Gasteiger partial charge on any atom is -0.479 e. The average molecular weight is 408 g/mol. The van der Waals surface area contributed by atoms with E-state index >= 15 is 0 Å². The molecule has 2 aromatic carbocycles. The van der Waals surface area contributed by atoms with Gasteiger partial charge in [0.25, 0.3) is 5.91 Å². The Kier molecular flexibility index (Phi) is 6.87. The van der Waals surface area contributed by atoms with Crippen LogP contribution in [0.3, 0.4) is 0 Å². The summed E-state index contributed by atoms with van der Waals surface area (Å²) >= 11 is 0. The smallest absolute Gasteiger partial charge is 0.267 e. The first-order valence-corrected chi connectivity index (χ1v) is 10.4. The van der Waals surface area contributed by atoms with Crippen LogP contribution in [0.2, 0.25) is 0 Å². The number of hydrogen-bond donors (Lipinski definition) is 1. The monoisotopic (exact) mass is 408 g/mol. The number of ketones is 1. The van der Waals surface area contributed by atoms with Crippen molar-refractivity contribution in [2.24, 2.45) is 0 Å². The lowest BCUT2D eigenvalue weighted by Crippen LogP contribution is -2.42. The van der Waals surface area contributed by atoms with E-state index in [1.807, 2.05) is 24.3 Å². The second-order valence-electron chi connectivity index (χ2n) is 7.61. The normalized spacial score (nSPS) is 15.4. The largest absolute Gasteiger partial charge is 0.479 e. The summed E-state index contributed by atoms with van der Waals surface area (Å²) < 4.78 is 5.58. The summed E-state index contributed by atoms with van der Waals surface area (Å²) in [5.74, 6) is 0.0582. The van der Waals surface area contributed by atoms with Gasteiger partial charge in [0.15, 0.2) is 11.9 Å². The number of anilines is 2. The van der Waals surface area contributed by atoms with Crippen molar-refractivity contribution in [2.45, 2.75) is 52.1 Å². The number of nitrogens with one attached hydrogen (secondary N) is 1. The van der Waals surface area contributed by atoms with Crippen molar-refractivity contribution in [3.8, 4) is 5.75 Å². The number of rotatable bonds is 8. The van der Waals surface area contributed by atoms with Crippen LogP contribution in [0.25, 0.3) is 0 Å². The van der Waals surface area contributed by atoms with Gasteiger partial charge in [0.2, 0.25) is 5.91 Å². The number of aryl methyl sites for hydroxylation is 1. The van der Waals surface area contributed by atoms with E-state index in [-0.39, 0.29) is 30.4 Å². The van der Waals surface area contributed by atoms with Crippen molar-refractivity contribution >= 4 is 29.0 Å². The third-order valence-electron chi connectivity index (χ3n) is 5.26. The van der Waals surface area contributed by atoms with Crippen LogP contribution in [0, 0.1) is 0 Å². The standard InChI is InChI=1S/C24H28N2O4/c1-4-5-6-17-7-10-19(11-8-17)25-23(28)14-12-21(27)18-9-13-22-20(15-18)26(3)24(29)16(2)30-22/h7-11,13,15-16H,4-6,12,14H2,1-3H3,(H,25,28). The maximum Gasteiger partial charge on any atom is 0.267 e. The van der Waals surface area contributed by atoms with Gasteiger partial charge >= 0.3 is 0 Å². The van der Waals surface area contributed by atoms with Crippen LogP contribution >= 0.6 is 0 Å². The third-order valence-corrected chi connectivity index (χ3v) is 5.26. The molecule has 2 aromatic rings. The number of ether oxygens (including phenoxy) is 1. The molecule has 0 bridgehead atoms. The van der Waals surface area contributed by atoms with E-state index in [4.69, 9.17) is 4.74 Å². The molecule has 6 heteroatoms. The van der Waals surface area contributed by atoms with E-state index in [1.54, 1.807) is 32.2 Å². The molecule has 1 heterocycles. The van der Waals surface area contributed by atoms with E-state index in [1.165, 1.54) is 10.5 Å². The summed E-state index contributed by atoms with van der Waals surface area (Å²) in [4.78, 5) is 38.4. The Hall–Kier alpha value is -3.15. The number of Topliss-reactive ketones (excluding diaryl/α,β-unsaturated/α-hetero) is 1. The molecule has 158 valence electrons. The number of likely N-dealkylation sites (N-methyl/N-ethyl adjacent to an activating group) is 1. The van der Waals surface area contributed by atoms with Gasteiger partial charge < -0.3 is 15.0 Å². The van der Waals surface area contributed by atoms with E-state index in [0.29, 0.717) is 17.0 Å². The maximum absolute atomic E-state index is 12.6. The molecule has 1 aliphatic heterocycles. The molecule has 1 N–H and O–H groups in total. The topological polar surface area (TPSA) is 75.7 Å². The lowest BCUT2D eigenvalue weighted by Gasteiger charge is -2.30. The lowest BCUT2D eigenvalue weighted by molar-refractivity contribution is -0.125. The molecule has 0 saturated carbocycles. The molecule has 2 amide bonds. The van der Waals surface area contributed by atoms with E-state index < -0.39 is 6.10 Å². The molecule has 0 aromatic heterocycles. The van der Waals surface area contributed by atoms with Gasteiger partial charge in [0.05, 0.1) is 5.69 Å². The summed E-state index contributed by atoms with van der Waals surface area (Å²) in [7, 11) is 1.66. The second kappa shape index (κ2) is 9.57. The first-order chi connectivity index (χ1) is 14.4. The molecule has 0 saturated heterocycles. The Morgan fingerprint density at radius 3 is 2.53 bits per heavy atom. The van der Waals surface area contributed by atoms with Gasteiger partial charge in [-0.25, -0.2) is 0 Å². The fraction of sp³-hybridized carbons (Fsp3) is 0.375. The predicted octanol–water partition coefficient (Wildman–Crippen LogP) is 4.37. The number of benzene rings is 2. The Morgan fingerprint density at radius 2 is 1.83 bits per heavy atom. The highest BCUT2D eigenvalue weighted by Gasteiger charge is 2.29.